The first kappa shape index (κ1) is 25.3. The average molecular weight is 515 g/mol. The third kappa shape index (κ3) is 4.28. The van der Waals surface area contributed by atoms with Gasteiger partial charge in [-0.2, -0.15) is 0 Å². The number of hydrogen-bond acceptors (Lipinski definition) is 5. The molecule has 2 aromatic carbocycles. The molecule has 6 rings (SSSR count). The second-order valence-corrected chi connectivity index (χ2v) is 12.6. The van der Waals surface area contributed by atoms with Gasteiger partial charge in [0, 0.05) is 11.1 Å². The molecule has 3 aromatic rings. The number of pyridine rings is 1. The van der Waals surface area contributed by atoms with E-state index in [-0.39, 0.29) is 11.1 Å². The Labute approximate surface area is 224 Å². The Morgan fingerprint density at radius 3 is 2.29 bits per heavy atom. The van der Waals surface area contributed by atoms with Gasteiger partial charge in [0.15, 0.2) is 0 Å². The van der Waals surface area contributed by atoms with E-state index < -0.39 is 17.4 Å². The van der Waals surface area contributed by atoms with E-state index in [1.54, 1.807) is 6.07 Å². The van der Waals surface area contributed by atoms with Crippen LogP contribution in [0.4, 0.5) is 0 Å². The number of amides is 1. The number of nitrogens with zero attached hydrogens (tertiary/aromatic N) is 2. The van der Waals surface area contributed by atoms with Crippen LogP contribution in [0.25, 0.3) is 10.8 Å². The van der Waals surface area contributed by atoms with Gasteiger partial charge in [-0.05, 0) is 71.9 Å². The third-order valence-electron chi connectivity index (χ3n) is 8.96. The standard InChI is InChI=1S/C32H38N2O4/c1-30(2,3)23-11-14-24(15-12-23)38-25-13-10-22-19-28(29(35)34-31(32(34,36)37)16-6-7-17-31)33-27(26(22)20-25)18-21-8-4-5-9-21/h10-15,19-21,36-37H,4-9,16-18H2,1-3H3. The number of aromatic nitrogens is 1. The SMILES string of the molecule is CC(C)(C)c1ccc(Oc2ccc3cc(C(=O)N4C(O)(O)C45CCCC5)nc(CC4CCCC4)c3c2)cc1. The minimum atomic E-state index is -2.08. The molecule has 1 spiro atoms. The Morgan fingerprint density at radius 1 is 0.974 bits per heavy atom. The summed E-state index contributed by atoms with van der Waals surface area (Å²) in [6.07, 6.45) is 8.63. The van der Waals surface area contributed by atoms with Crippen LogP contribution in [0.3, 0.4) is 0 Å². The largest absolute Gasteiger partial charge is 0.457 e. The molecule has 38 heavy (non-hydrogen) atoms. The summed E-state index contributed by atoms with van der Waals surface area (Å²) < 4.78 is 6.23. The van der Waals surface area contributed by atoms with Gasteiger partial charge in [-0.1, -0.05) is 77.5 Å². The second kappa shape index (κ2) is 9.06. The van der Waals surface area contributed by atoms with Gasteiger partial charge in [-0.15, -0.1) is 0 Å². The molecule has 1 aliphatic heterocycles. The van der Waals surface area contributed by atoms with Crippen LogP contribution >= 0.6 is 0 Å². The maximum absolute atomic E-state index is 13.5. The van der Waals surface area contributed by atoms with Crippen molar-refractivity contribution in [2.45, 2.75) is 95.4 Å². The van der Waals surface area contributed by atoms with E-state index in [1.807, 2.05) is 30.3 Å². The molecule has 0 radical (unpaired) electrons. The average Bonchev–Trinajstić information content (AvgIpc) is 3.37. The highest BCUT2D eigenvalue weighted by atomic mass is 16.6. The van der Waals surface area contributed by atoms with Crippen molar-refractivity contribution in [2.75, 3.05) is 0 Å². The van der Waals surface area contributed by atoms with Gasteiger partial charge in [0.1, 0.15) is 22.7 Å². The lowest BCUT2D eigenvalue weighted by atomic mass is 9.87. The van der Waals surface area contributed by atoms with Gasteiger partial charge in [0.2, 0.25) is 0 Å². The molecular formula is C32H38N2O4. The molecule has 0 unspecified atom stereocenters. The summed E-state index contributed by atoms with van der Waals surface area (Å²) in [7, 11) is 0. The third-order valence-corrected chi connectivity index (χ3v) is 8.96. The van der Waals surface area contributed by atoms with Crippen molar-refractivity contribution < 1.29 is 19.7 Å². The first-order valence-electron chi connectivity index (χ1n) is 14.1. The molecule has 6 heteroatoms. The van der Waals surface area contributed by atoms with E-state index in [0.29, 0.717) is 18.8 Å². The van der Waals surface area contributed by atoms with Crippen molar-refractivity contribution in [3.8, 4) is 11.5 Å². The van der Waals surface area contributed by atoms with Crippen molar-refractivity contribution in [1.29, 1.82) is 0 Å². The zero-order valence-corrected chi connectivity index (χ0v) is 22.7. The van der Waals surface area contributed by atoms with E-state index in [1.165, 1.54) is 36.1 Å². The fourth-order valence-electron chi connectivity index (χ4n) is 6.67. The fourth-order valence-corrected chi connectivity index (χ4v) is 6.67. The maximum Gasteiger partial charge on any atom is 0.277 e. The normalized spacial score (nSPS) is 20.4. The molecule has 1 saturated heterocycles. The van der Waals surface area contributed by atoms with Gasteiger partial charge in [0.05, 0.1) is 0 Å². The topological polar surface area (TPSA) is 82.7 Å². The highest BCUT2D eigenvalue weighted by Crippen LogP contribution is 2.58. The van der Waals surface area contributed by atoms with Crippen molar-refractivity contribution in [2.24, 2.45) is 5.92 Å². The lowest BCUT2D eigenvalue weighted by molar-refractivity contribution is -0.114. The van der Waals surface area contributed by atoms with Gasteiger partial charge < -0.3 is 14.9 Å². The zero-order valence-electron chi connectivity index (χ0n) is 22.7. The number of rotatable bonds is 5. The van der Waals surface area contributed by atoms with Gasteiger partial charge >= 0.3 is 0 Å². The van der Waals surface area contributed by atoms with Crippen LogP contribution in [-0.2, 0) is 11.8 Å². The molecule has 2 aliphatic carbocycles. The Hall–Kier alpha value is -2.96. The van der Waals surface area contributed by atoms with Crippen LogP contribution in [0.15, 0.2) is 48.5 Å². The summed E-state index contributed by atoms with van der Waals surface area (Å²) in [5, 5.41) is 23.2. The molecule has 1 aromatic heterocycles. The number of hydrogen-bond donors (Lipinski definition) is 2. The number of benzene rings is 2. The zero-order chi connectivity index (χ0) is 26.7. The van der Waals surface area contributed by atoms with Crippen LogP contribution < -0.4 is 4.74 Å². The molecule has 2 N–H and O–H groups in total. The lowest BCUT2D eigenvalue weighted by Gasteiger charge is -2.19. The van der Waals surface area contributed by atoms with Gasteiger partial charge in [-0.3, -0.25) is 9.69 Å². The molecule has 1 amide bonds. The Balaban J connectivity index is 1.33. The van der Waals surface area contributed by atoms with E-state index in [0.717, 1.165) is 47.2 Å². The first-order valence-corrected chi connectivity index (χ1v) is 14.1. The minimum absolute atomic E-state index is 0.0809. The smallest absolute Gasteiger partial charge is 0.277 e. The molecule has 2 heterocycles. The number of fused-ring (bicyclic) bond motifs is 1. The molecule has 3 aliphatic rings. The summed E-state index contributed by atoms with van der Waals surface area (Å²) in [5.74, 6) is -0.424. The van der Waals surface area contributed by atoms with Crippen molar-refractivity contribution >= 4 is 16.7 Å². The molecular weight excluding hydrogens is 476 g/mol. The Kier molecular flexibility index (Phi) is 6.04. The molecule has 2 saturated carbocycles. The van der Waals surface area contributed by atoms with Crippen LogP contribution in [0.1, 0.15) is 93.9 Å². The summed E-state index contributed by atoms with van der Waals surface area (Å²) in [5.41, 5.74) is 1.65. The van der Waals surface area contributed by atoms with Crippen molar-refractivity contribution in [3.05, 3.63) is 65.5 Å². The van der Waals surface area contributed by atoms with E-state index >= 15 is 0 Å². The fraction of sp³-hybridized carbons (Fsp3) is 0.500. The van der Waals surface area contributed by atoms with Crippen LogP contribution in [0, 0.1) is 5.92 Å². The highest BCUT2D eigenvalue weighted by Gasteiger charge is 2.77. The summed E-state index contributed by atoms with van der Waals surface area (Å²) in [4.78, 5) is 19.7. The summed E-state index contributed by atoms with van der Waals surface area (Å²) >= 11 is 0. The summed E-state index contributed by atoms with van der Waals surface area (Å²) in [6, 6.07) is 15.9. The lowest BCUT2D eigenvalue weighted by Crippen LogP contribution is -2.23. The molecule has 0 bridgehead atoms. The van der Waals surface area contributed by atoms with E-state index in [2.05, 4.69) is 32.9 Å². The molecule has 0 atom stereocenters. The van der Waals surface area contributed by atoms with Crippen LogP contribution in [0.2, 0.25) is 0 Å². The maximum atomic E-state index is 13.5. The Morgan fingerprint density at radius 2 is 1.63 bits per heavy atom. The molecule has 3 fully saturated rings. The van der Waals surface area contributed by atoms with Crippen LogP contribution in [-0.4, -0.2) is 37.5 Å². The number of ether oxygens (including phenoxy) is 1. The van der Waals surface area contributed by atoms with Crippen LogP contribution in [0.5, 0.6) is 11.5 Å². The quantitative estimate of drug-likeness (QED) is 0.301. The molecule has 200 valence electrons. The predicted octanol–water partition coefficient (Wildman–Crippen LogP) is 6.46. The summed E-state index contributed by atoms with van der Waals surface area (Å²) in [6.45, 7) is 6.58. The monoisotopic (exact) mass is 514 g/mol. The minimum Gasteiger partial charge on any atom is -0.457 e. The Bertz CT molecular complexity index is 1360. The first-order chi connectivity index (χ1) is 18.1. The van der Waals surface area contributed by atoms with Gasteiger partial charge in [-0.25, -0.2) is 4.98 Å². The number of carbonyl (C=O) groups excluding carboxylic acids is 1. The second-order valence-electron chi connectivity index (χ2n) is 12.6. The molecule has 6 nitrogen and oxygen atoms in total. The van der Waals surface area contributed by atoms with Gasteiger partial charge in [0.25, 0.3) is 11.8 Å². The van der Waals surface area contributed by atoms with E-state index in [9.17, 15) is 15.0 Å². The predicted molar refractivity (Wildman–Crippen MR) is 147 cm³/mol. The van der Waals surface area contributed by atoms with Crippen molar-refractivity contribution in [3.63, 3.8) is 0 Å². The highest BCUT2D eigenvalue weighted by molar-refractivity contribution is 5.99. The van der Waals surface area contributed by atoms with E-state index in [4.69, 9.17) is 9.72 Å². The number of aliphatic hydroxyl groups is 2. The number of carbonyl (C=O) groups is 1. The van der Waals surface area contributed by atoms with Crippen molar-refractivity contribution in [1.82, 2.24) is 9.88 Å².